The van der Waals surface area contributed by atoms with E-state index in [1.165, 1.54) is 11.1 Å². The fourth-order valence-electron chi connectivity index (χ4n) is 1.52. The number of methoxy groups -OCH3 is 1. The Labute approximate surface area is 108 Å². The summed E-state index contributed by atoms with van der Waals surface area (Å²) in [5, 5.41) is 9.62. The molecule has 1 rings (SSSR count). The van der Waals surface area contributed by atoms with E-state index in [-0.39, 0.29) is 0 Å². The Morgan fingerprint density at radius 3 is 2.65 bits per heavy atom. The monoisotopic (exact) mass is 254 g/mol. The van der Waals surface area contributed by atoms with Gasteiger partial charge < -0.3 is 9.84 Å². The summed E-state index contributed by atoms with van der Waals surface area (Å²) in [6.45, 7) is 5.78. The number of benzene rings is 1. The van der Waals surface area contributed by atoms with E-state index in [2.05, 4.69) is 19.1 Å². The molecule has 0 saturated carbocycles. The third kappa shape index (κ3) is 5.46. The second-order valence-corrected chi connectivity index (χ2v) is 6.04. The molecule has 0 unspecified atom stereocenters. The molecular formula is C14H22O2S. The molecule has 0 aliphatic heterocycles. The number of aliphatic hydroxyl groups is 1. The van der Waals surface area contributed by atoms with E-state index in [1.54, 1.807) is 7.11 Å². The minimum absolute atomic E-state index is 0.566. The van der Waals surface area contributed by atoms with Gasteiger partial charge in [-0.3, -0.25) is 0 Å². The largest absolute Gasteiger partial charge is 0.496 e. The maximum absolute atomic E-state index is 9.62. The van der Waals surface area contributed by atoms with Crippen LogP contribution in [0.2, 0.25) is 0 Å². The number of thioether (sulfide) groups is 1. The van der Waals surface area contributed by atoms with Crippen LogP contribution in [0.4, 0.5) is 0 Å². The average molecular weight is 254 g/mol. The fraction of sp³-hybridized carbons (Fsp3) is 0.571. The molecular weight excluding hydrogens is 232 g/mol. The summed E-state index contributed by atoms with van der Waals surface area (Å²) in [6.07, 6.45) is 0.811. The highest BCUT2D eigenvalue weighted by atomic mass is 32.2. The lowest BCUT2D eigenvalue weighted by atomic mass is 10.1. The first-order chi connectivity index (χ1) is 7.92. The second-order valence-electron chi connectivity index (χ2n) is 4.93. The second kappa shape index (κ2) is 6.31. The minimum Gasteiger partial charge on any atom is -0.496 e. The molecule has 3 heteroatoms. The van der Waals surface area contributed by atoms with E-state index in [1.807, 2.05) is 31.7 Å². The molecule has 0 amide bonds. The van der Waals surface area contributed by atoms with Crippen LogP contribution in [-0.2, 0) is 5.75 Å². The van der Waals surface area contributed by atoms with Gasteiger partial charge in [0, 0.05) is 11.3 Å². The summed E-state index contributed by atoms with van der Waals surface area (Å²) in [5.41, 5.74) is 1.92. The quantitative estimate of drug-likeness (QED) is 0.789. The van der Waals surface area contributed by atoms with Crippen molar-refractivity contribution in [2.45, 2.75) is 38.5 Å². The van der Waals surface area contributed by atoms with E-state index in [0.717, 1.165) is 23.7 Å². The van der Waals surface area contributed by atoms with Crippen LogP contribution in [0.25, 0.3) is 0 Å². The molecule has 0 aromatic heterocycles. The molecule has 1 N–H and O–H groups in total. The van der Waals surface area contributed by atoms with E-state index in [9.17, 15) is 5.11 Å². The Morgan fingerprint density at radius 2 is 2.06 bits per heavy atom. The van der Waals surface area contributed by atoms with Crippen molar-refractivity contribution >= 4 is 11.8 Å². The lowest BCUT2D eigenvalue weighted by Gasteiger charge is -2.16. The zero-order chi connectivity index (χ0) is 12.9. The number of hydrogen-bond donors (Lipinski definition) is 1. The number of ether oxygens (including phenoxy) is 1. The summed E-state index contributed by atoms with van der Waals surface area (Å²) < 4.78 is 5.34. The molecule has 0 aliphatic rings. The zero-order valence-corrected chi connectivity index (χ0v) is 11.9. The van der Waals surface area contributed by atoms with E-state index in [4.69, 9.17) is 4.74 Å². The Morgan fingerprint density at radius 1 is 1.35 bits per heavy atom. The first kappa shape index (κ1) is 14.4. The van der Waals surface area contributed by atoms with Gasteiger partial charge in [0.15, 0.2) is 0 Å². The zero-order valence-electron chi connectivity index (χ0n) is 11.1. The molecule has 1 aromatic carbocycles. The standard InChI is InChI=1S/C14H22O2S/c1-11-5-6-13(16-4)12(9-11)10-17-8-7-14(2,3)15/h5-6,9,15H,7-8,10H2,1-4H3. The van der Waals surface area contributed by atoms with Gasteiger partial charge in [-0.05, 0) is 39.0 Å². The van der Waals surface area contributed by atoms with Crippen LogP contribution in [0.3, 0.4) is 0 Å². The molecule has 0 spiro atoms. The van der Waals surface area contributed by atoms with Crippen LogP contribution >= 0.6 is 11.8 Å². The van der Waals surface area contributed by atoms with Gasteiger partial charge in [-0.2, -0.15) is 11.8 Å². The van der Waals surface area contributed by atoms with Crippen LogP contribution < -0.4 is 4.74 Å². The molecule has 17 heavy (non-hydrogen) atoms. The summed E-state index contributed by atoms with van der Waals surface area (Å²) >= 11 is 1.83. The first-order valence-electron chi connectivity index (χ1n) is 5.86. The van der Waals surface area contributed by atoms with Crippen molar-refractivity contribution in [1.29, 1.82) is 0 Å². The van der Waals surface area contributed by atoms with Crippen molar-refractivity contribution in [3.05, 3.63) is 29.3 Å². The Hall–Kier alpha value is -0.670. The van der Waals surface area contributed by atoms with Gasteiger partial charge in [-0.1, -0.05) is 17.7 Å². The predicted molar refractivity (Wildman–Crippen MR) is 74.8 cm³/mol. The van der Waals surface area contributed by atoms with Crippen molar-refractivity contribution in [3.8, 4) is 5.75 Å². The van der Waals surface area contributed by atoms with Crippen molar-refractivity contribution in [3.63, 3.8) is 0 Å². The van der Waals surface area contributed by atoms with Crippen LogP contribution in [0, 0.1) is 6.92 Å². The Kier molecular flexibility index (Phi) is 5.34. The van der Waals surface area contributed by atoms with Gasteiger partial charge in [0.2, 0.25) is 0 Å². The fourth-order valence-corrected chi connectivity index (χ4v) is 2.76. The van der Waals surface area contributed by atoms with Gasteiger partial charge in [0.05, 0.1) is 12.7 Å². The Bertz CT molecular complexity index is 356. The number of hydrogen-bond acceptors (Lipinski definition) is 3. The average Bonchev–Trinajstić information content (AvgIpc) is 2.23. The highest BCUT2D eigenvalue weighted by Gasteiger charge is 2.12. The van der Waals surface area contributed by atoms with Gasteiger partial charge in [0.25, 0.3) is 0 Å². The smallest absolute Gasteiger partial charge is 0.122 e. The van der Waals surface area contributed by atoms with Gasteiger partial charge in [0.1, 0.15) is 5.75 Å². The van der Waals surface area contributed by atoms with Gasteiger partial charge >= 0.3 is 0 Å². The summed E-state index contributed by atoms with van der Waals surface area (Å²) in [6, 6.07) is 6.24. The van der Waals surface area contributed by atoms with Crippen molar-refractivity contribution in [1.82, 2.24) is 0 Å². The summed E-state index contributed by atoms with van der Waals surface area (Å²) in [4.78, 5) is 0. The molecule has 0 fully saturated rings. The molecule has 0 aliphatic carbocycles. The van der Waals surface area contributed by atoms with Crippen molar-refractivity contribution in [2.75, 3.05) is 12.9 Å². The summed E-state index contributed by atoms with van der Waals surface area (Å²) in [7, 11) is 1.70. The van der Waals surface area contributed by atoms with E-state index >= 15 is 0 Å². The van der Waals surface area contributed by atoms with Gasteiger partial charge in [-0.15, -0.1) is 0 Å². The van der Waals surface area contributed by atoms with E-state index in [0.29, 0.717) is 0 Å². The molecule has 0 bridgehead atoms. The molecule has 0 atom stereocenters. The van der Waals surface area contributed by atoms with Crippen molar-refractivity contribution in [2.24, 2.45) is 0 Å². The number of aryl methyl sites for hydroxylation is 1. The lowest BCUT2D eigenvalue weighted by molar-refractivity contribution is 0.0777. The third-order valence-electron chi connectivity index (χ3n) is 2.55. The normalized spacial score (nSPS) is 11.6. The first-order valence-corrected chi connectivity index (χ1v) is 7.01. The lowest BCUT2D eigenvalue weighted by Crippen LogP contribution is -2.19. The summed E-state index contributed by atoms with van der Waals surface area (Å²) in [5.74, 6) is 2.84. The van der Waals surface area contributed by atoms with Gasteiger partial charge in [-0.25, -0.2) is 0 Å². The van der Waals surface area contributed by atoms with Crippen LogP contribution in [0.15, 0.2) is 18.2 Å². The topological polar surface area (TPSA) is 29.5 Å². The minimum atomic E-state index is -0.566. The maximum atomic E-state index is 9.62. The van der Waals surface area contributed by atoms with Crippen molar-refractivity contribution < 1.29 is 9.84 Å². The molecule has 0 saturated heterocycles. The number of rotatable bonds is 6. The van der Waals surface area contributed by atoms with Crippen LogP contribution in [0.5, 0.6) is 5.75 Å². The molecule has 0 heterocycles. The predicted octanol–water partition coefficient (Wildman–Crippen LogP) is 3.40. The van der Waals surface area contributed by atoms with Crippen LogP contribution in [-0.4, -0.2) is 23.6 Å². The molecule has 0 radical (unpaired) electrons. The van der Waals surface area contributed by atoms with Crippen LogP contribution in [0.1, 0.15) is 31.4 Å². The SMILES string of the molecule is COc1ccc(C)cc1CSCCC(C)(C)O. The maximum Gasteiger partial charge on any atom is 0.122 e. The van der Waals surface area contributed by atoms with E-state index < -0.39 is 5.60 Å². The highest BCUT2D eigenvalue weighted by Crippen LogP contribution is 2.25. The Balaban J connectivity index is 2.48. The molecule has 2 nitrogen and oxygen atoms in total. The molecule has 1 aromatic rings. The highest BCUT2D eigenvalue weighted by molar-refractivity contribution is 7.98. The molecule has 96 valence electrons. The third-order valence-corrected chi connectivity index (χ3v) is 3.56.